The van der Waals surface area contributed by atoms with Crippen LogP contribution in [0.4, 0.5) is 0 Å². The van der Waals surface area contributed by atoms with Crippen LogP contribution in [0.1, 0.15) is 15.9 Å². The minimum Gasteiger partial charge on any atom is -0.507 e. The third-order valence-corrected chi connectivity index (χ3v) is 4.44. The number of hydrogen-bond donors (Lipinski definition) is 1. The van der Waals surface area contributed by atoms with Crippen molar-refractivity contribution >= 4 is 39.6 Å². The second-order valence-corrected chi connectivity index (χ2v) is 6.14. The lowest BCUT2D eigenvalue weighted by Gasteiger charge is -2.01. The second-order valence-electron chi connectivity index (χ2n) is 4.14. The van der Waals surface area contributed by atoms with Crippen molar-refractivity contribution in [3.05, 3.63) is 63.0 Å². The normalized spacial score (nSPS) is 15.8. The number of phenolic OH excluding ortho intramolecular Hbond substituents is 1. The molecule has 0 amide bonds. The number of thioether (sulfide) groups is 1. The van der Waals surface area contributed by atoms with Crippen molar-refractivity contribution in [2.45, 2.75) is 4.90 Å². The van der Waals surface area contributed by atoms with Gasteiger partial charge in [-0.25, -0.2) is 0 Å². The summed E-state index contributed by atoms with van der Waals surface area (Å²) in [7, 11) is 0. The molecule has 1 aliphatic rings. The number of aromatic hydroxyl groups is 1. The first kappa shape index (κ1) is 12.5. The topological polar surface area (TPSA) is 37.3 Å². The summed E-state index contributed by atoms with van der Waals surface area (Å²) in [5.41, 5.74) is 1.37. The fourth-order valence-electron chi connectivity index (χ4n) is 1.92. The summed E-state index contributed by atoms with van der Waals surface area (Å²) < 4.78 is 0.866. The molecule has 1 aliphatic heterocycles. The summed E-state index contributed by atoms with van der Waals surface area (Å²) in [4.78, 5) is 13.8. The highest BCUT2D eigenvalue weighted by Gasteiger charge is 2.25. The molecule has 3 rings (SSSR count). The smallest absolute Gasteiger partial charge is 0.200 e. The molecule has 1 N–H and O–H groups in total. The van der Waals surface area contributed by atoms with E-state index in [0.717, 1.165) is 14.9 Å². The molecule has 94 valence electrons. The highest BCUT2D eigenvalue weighted by molar-refractivity contribution is 9.10. The van der Waals surface area contributed by atoms with Crippen LogP contribution in [0.3, 0.4) is 0 Å². The molecule has 0 aliphatic carbocycles. The van der Waals surface area contributed by atoms with E-state index in [4.69, 9.17) is 0 Å². The van der Waals surface area contributed by atoms with Crippen LogP contribution in [-0.2, 0) is 0 Å². The number of carbonyl (C=O) groups is 1. The lowest BCUT2D eigenvalue weighted by atomic mass is 10.1. The summed E-state index contributed by atoms with van der Waals surface area (Å²) in [6.07, 6.45) is 1.73. The van der Waals surface area contributed by atoms with Gasteiger partial charge < -0.3 is 5.11 Å². The van der Waals surface area contributed by atoms with E-state index in [1.54, 1.807) is 24.3 Å². The van der Waals surface area contributed by atoms with Crippen molar-refractivity contribution in [3.8, 4) is 5.75 Å². The fourth-order valence-corrected chi connectivity index (χ4v) is 3.34. The molecular formula is C15H9BrO2S. The largest absolute Gasteiger partial charge is 0.507 e. The van der Waals surface area contributed by atoms with E-state index in [0.29, 0.717) is 10.5 Å². The molecular weight excluding hydrogens is 324 g/mol. The standard InChI is InChI=1S/C15H9BrO2S/c16-10-5-6-12(17)9(7-10)8-14-15(18)11-3-1-2-4-13(11)19-14/h1-8,17H. The molecule has 1 heterocycles. The Balaban J connectivity index is 2.03. The Morgan fingerprint density at radius 2 is 1.95 bits per heavy atom. The van der Waals surface area contributed by atoms with Crippen molar-refractivity contribution in [1.82, 2.24) is 0 Å². The zero-order chi connectivity index (χ0) is 13.4. The van der Waals surface area contributed by atoms with E-state index >= 15 is 0 Å². The van der Waals surface area contributed by atoms with Crippen LogP contribution >= 0.6 is 27.7 Å². The van der Waals surface area contributed by atoms with Gasteiger partial charge in [0, 0.05) is 20.5 Å². The number of Topliss-reactive ketones (excluding diaryl/α,β-unsaturated/α-hetero) is 1. The minimum atomic E-state index is 0.0139. The van der Waals surface area contributed by atoms with Gasteiger partial charge in [0.05, 0.1) is 4.91 Å². The number of phenols is 1. The summed E-state index contributed by atoms with van der Waals surface area (Å²) in [5.74, 6) is 0.181. The quantitative estimate of drug-likeness (QED) is 0.782. The van der Waals surface area contributed by atoms with Gasteiger partial charge in [-0.3, -0.25) is 4.79 Å². The minimum absolute atomic E-state index is 0.0139. The summed E-state index contributed by atoms with van der Waals surface area (Å²) >= 11 is 4.80. The van der Waals surface area contributed by atoms with Gasteiger partial charge >= 0.3 is 0 Å². The van der Waals surface area contributed by atoms with E-state index < -0.39 is 0 Å². The molecule has 0 unspecified atom stereocenters. The Morgan fingerprint density at radius 3 is 2.74 bits per heavy atom. The van der Waals surface area contributed by atoms with E-state index in [1.807, 2.05) is 24.3 Å². The monoisotopic (exact) mass is 332 g/mol. The fraction of sp³-hybridized carbons (Fsp3) is 0. The molecule has 0 radical (unpaired) electrons. The highest BCUT2D eigenvalue weighted by atomic mass is 79.9. The molecule has 19 heavy (non-hydrogen) atoms. The molecule has 0 aromatic heterocycles. The maximum Gasteiger partial charge on any atom is 0.200 e. The zero-order valence-corrected chi connectivity index (χ0v) is 12.2. The second kappa shape index (κ2) is 4.87. The van der Waals surface area contributed by atoms with E-state index in [9.17, 15) is 9.90 Å². The van der Waals surface area contributed by atoms with Crippen LogP contribution in [0, 0.1) is 0 Å². The number of carbonyl (C=O) groups excluding carboxylic acids is 1. The predicted molar refractivity (Wildman–Crippen MR) is 80.4 cm³/mol. The first-order chi connectivity index (χ1) is 9.15. The van der Waals surface area contributed by atoms with Crippen LogP contribution in [0.2, 0.25) is 0 Å². The molecule has 4 heteroatoms. The maximum absolute atomic E-state index is 12.2. The van der Waals surface area contributed by atoms with Crippen molar-refractivity contribution in [1.29, 1.82) is 0 Å². The summed E-state index contributed by atoms with van der Waals surface area (Å²) in [6.45, 7) is 0. The Morgan fingerprint density at radius 1 is 1.16 bits per heavy atom. The van der Waals surface area contributed by atoms with Gasteiger partial charge in [-0.2, -0.15) is 0 Å². The van der Waals surface area contributed by atoms with Gasteiger partial charge in [0.25, 0.3) is 0 Å². The first-order valence-corrected chi connectivity index (χ1v) is 7.28. The van der Waals surface area contributed by atoms with Crippen LogP contribution in [0.15, 0.2) is 56.7 Å². The van der Waals surface area contributed by atoms with Crippen LogP contribution in [-0.4, -0.2) is 10.9 Å². The lowest BCUT2D eigenvalue weighted by Crippen LogP contribution is -1.93. The number of hydrogen-bond acceptors (Lipinski definition) is 3. The van der Waals surface area contributed by atoms with Crippen molar-refractivity contribution in [2.24, 2.45) is 0 Å². The number of rotatable bonds is 1. The van der Waals surface area contributed by atoms with Crippen molar-refractivity contribution < 1.29 is 9.90 Å². The Bertz CT molecular complexity index is 707. The van der Waals surface area contributed by atoms with Gasteiger partial charge in [0.1, 0.15) is 5.75 Å². The predicted octanol–water partition coefficient (Wildman–Crippen LogP) is 4.48. The Kier molecular flexibility index (Phi) is 3.21. The van der Waals surface area contributed by atoms with E-state index in [-0.39, 0.29) is 11.5 Å². The van der Waals surface area contributed by atoms with Gasteiger partial charge in [0.2, 0.25) is 5.78 Å². The molecule has 2 nitrogen and oxygen atoms in total. The lowest BCUT2D eigenvalue weighted by molar-refractivity contribution is 0.104. The first-order valence-electron chi connectivity index (χ1n) is 5.67. The van der Waals surface area contributed by atoms with Crippen LogP contribution in [0.25, 0.3) is 6.08 Å². The van der Waals surface area contributed by atoms with Gasteiger partial charge in [-0.05, 0) is 36.4 Å². The zero-order valence-electron chi connectivity index (χ0n) is 9.76. The highest BCUT2D eigenvalue weighted by Crippen LogP contribution is 2.41. The molecule has 0 saturated heterocycles. The van der Waals surface area contributed by atoms with Gasteiger partial charge in [-0.15, -0.1) is 0 Å². The van der Waals surface area contributed by atoms with Crippen LogP contribution < -0.4 is 0 Å². The maximum atomic E-state index is 12.2. The molecule has 0 bridgehead atoms. The molecule has 0 spiro atoms. The molecule has 2 aromatic carbocycles. The third-order valence-electron chi connectivity index (χ3n) is 2.85. The van der Waals surface area contributed by atoms with Gasteiger partial charge in [-0.1, -0.05) is 39.8 Å². The summed E-state index contributed by atoms with van der Waals surface area (Å²) in [6, 6.07) is 12.7. The average molecular weight is 333 g/mol. The van der Waals surface area contributed by atoms with Gasteiger partial charge in [0.15, 0.2) is 0 Å². The third kappa shape index (κ3) is 2.33. The molecule has 0 fully saturated rings. The number of halogens is 1. The Hall–Kier alpha value is -1.52. The number of ketones is 1. The SMILES string of the molecule is O=C1C(=Cc2cc(Br)ccc2O)Sc2ccccc21. The summed E-state index contributed by atoms with van der Waals surface area (Å²) in [5, 5.41) is 9.81. The number of benzene rings is 2. The number of fused-ring (bicyclic) bond motifs is 1. The molecule has 0 saturated carbocycles. The van der Waals surface area contributed by atoms with Crippen LogP contribution in [0.5, 0.6) is 5.75 Å². The average Bonchev–Trinajstić information content (AvgIpc) is 2.72. The molecule has 0 atom stereocenters. The van der Waals surface area contributed by atoms with Crippen molar-refractivity contribution in [2.75, 3.05) is 0 Å². The van der Waals surface area contributed by atoms with E-state index in [2.05, 4.69) is 15.9 Å². The number of allylic oxidation sites excluding steroid dienone is 1. The molecule has 2 aromatic rings. The van der Waals surface area contributed by atoms with Crippen molar-refractivity contribution in [3.63, 3.8) is 0 Å². The Labute approximate surface area is 123 Å². The van der Waals surface area contributed by atoms with E-state index in [1.165, 1.54) is 11.8 Å².